The SMILES string of the molecule is CCCCC/C=C\C/C=C\C/C=C\C/C=C\C/C=C\CCC(=O)OC[C@H](COP(=O)(O)OC[C@@H](O)COP(=O)(O)OC[C@@H](COC(=O)CCCCCCC/C=C\CCCCCCCC)OC(=O)CCCCCCC/C=C\C/C=C\CCCCC)OC(=O)CCCCCCC/C=C\CCCCCCCC. The molecular formula is C85H148O17P2. The van der Waals surface area contributed by atoms with Crippen molar-refractivity contribution >= 4 is 39.5 Å². The van der Waals surface area contributed by atoms with E-state index in [4.69, 9.17) is 37.0 Å². The summed E-state index contributed by atoms with van der Waals surface area (Å²) in [4.78, 5) is 73.0. The van der Waals surface area contributed by atoms with E-state index in [0.717, 1.165) is 148 Å². The summed E-state index contributed by atoms with van der Waals surface area (Å²) < 4.78 is 68.6. The molecule has 0 aliphatic heterocycles. The van der Waals surface area contributed by atoms with Crippen molar-refractivity contribution in [3.05, 3.63) is 109 Å². The molecule has 0 aromatic rings. The summed E-state index contributed by atoms with van der Waals surface area (Å²) in [6.45, 7) is 4.73. The maximum atomic E-state index is 13.1. The molecule has 0 rings (SSSR count). The van der Waals surface area contributed by atoms with Gasteiger partial charge in [-0.3, -0.25) is 37.3 Å². The Morgan fingerprint density at radius 2 is 0.490 bits per heavy atom. The summed E-state index contributed by atoms with van der Waals surface area (Å²) in [5.74, 6) is -2.29. The van der Waals surface area contributed by atoms with E-state index in [0.29, 0.717) is 32.1 Å². The third-order valence-electron chi connectivity index (χ3n) is 17.2. The average Bonchev–Trinajstić information content (AvgIpc) is 0.918. The minimum absolute atomic E-state index is 0.0357. The van der Waals surface area contributed by atoms with Gasteiger partial charge in [-0.2, -0.15) is 0 Å². The Kier molecular flexibility index (Phi) is 73.7. The van der Waals surface area contributed by atoms with Gasteiger partial charge in [-0.05, 0) is 148 Å². The number of esters is 4. The largest absolute Gasteiger partial charge is 0.472 e. The zero-order chi connectivity index (χ0) is 76.0. The van der Waals surface area contributed by atoms with Crippen LogP contribution >= 0.6 is 15.6 Å². The highest BCUT2D eigenvalue weighted by Gasteiger charge is 2.30. The number of ether oxygens (including phenoxy) is 4. The Labute approximate surface area is 632 Å². The van der Waals surface area contributed by atoms with Crippen molar-refractivity contribution in [2.24, 2.45) is 0 Å². The molecule has 0 fully saturated rings. The third kappa shape index (κ3) is 75.9. The zero-order valence-corrected chi connectivity index (χ0v) is 67.5. The van der Waals surface area contributed by atoms with Crippen LogP contribution in [0.25, 0.3) is 0 Å². The molecule has 5 atom stereocenters. The monoisotopic (exact) mass is 1500 g/mol. The molecule has 0 aliphatic rings. The summed E-state index contributed by atoms with van der Waals surface area (Å²) in [5, 5.41) is 10.6. The summed E-state index contributed by atoms with van der Waals surface area (Å²) in [7, 11) is -9.98. The highest BCUT2D eigenvalue weighted by Crippen LogP contribution is 2.45. The highest BCUT2D eigenvalue weighted by atomic mass is 31.2. The Balaban J connectivity index is 5.44. The average molecular weight is 1500 g/mol. The molecule has 0 heterocycles. The molecular weight excluding hydrogens is 1350 g/mol. The predicted molar refractivity (Wildman–Crippen MR) is 427 cm³/mol. The molecule has 0 aromatic carbocycles. The molecule has 600 valence electrons. The molecule has 0 aromatic heterocycles. The van der Waals surface area contributed by atoms with Crippen LogP contribution in [0.15, 0.2) is 109 Å². The molecule has 0 saturated carbocycles. The third-order valence-corrected chi connectivity index (χ3v) is 19.1. The fraction of sp³-hybridized carbons (Fsp3) is 0.741. The first-order valence-corrected chi connectivity index (χ1v) is 44.1. The Morgan fingerprint density at radius 1 is 0.269 bits per heavy atom. The minimum atomic E-state index is -5.00. The lowest BCUT2D eigenvalue weighted by Crippen LogP contribution is -2.30. The number of rotatable bonds is 77. The lowest BCUT2D eigenvalue weighted by Gasteiger charge is -2.21. The molecule has 2 unspecified atom stereocenters. The number of aliphatic hydroxyl groups is 1. The number of carbonyl (C=O) groups excluding carboxylic acids is 4. The highest BCUT2D eigenvalue weighted by molar-refractivity contribution is 7.47. The molecule has 0 bridgehead atoms. The van der Waals surface area contributed by atoms with Gasteiger partial charge in [-0.15, -0.1) is 0 Å². The lowest BCUT2D eigenvalue weighted by molar-refractivity contribution is -0.161. The van der Waals surface area contributed by atoms with Crippen LogP contribution in [0.5, 0.6) is 0 Å². The van der Waals surface area contributed by atoms with Crippen LogP contribution in [0.4, 0.5) is 0 Å². The summed E-state index contributed by atoms with van der Waals surface area (Å²) in [5.41, 5.74) is 0. The van der Waals surface area contributed by atoms with Gasteiger partial charge in [0.1, 0.15) is 19.3 Å². The van der Waals surface area contributed by atoms with E-state index in [1.807, 2.05) is 12.2 Å². The van der Waals surface area contributed by atoms with E-state index < -0.39 is 97.5 Å². The number of phosphoric ester groups is 2. The second kappa shape index (κ2) is 76.9. The van der Waals surface area contributed by atoms with Gasteiger partial charge in [0.15, 0.2) is 12.2 Å². The normalized spacial score (nSPS) is 14.4. The fourth-order valence-corrected chi connectivity index (χ4v) is 12.4. The molecule has 19 heteroatoms. The number of carbonyl (C=O) groups is 4. The summed E-state index contributed by atoms with van der Waals surface area (Å²) in [6, 6.07) is 0. The quantitative estimate of drug-likeness (QED) is 0.0169. The Morgan fingerprint density at radius 3 is 0.808 bits per heavy atom. The van der Waals surface area contributed by atoms with Crippen LogP contribution in [0.3, 0.4) is 0 Å². The Hall–Kier alpha value is -4.28. The van der Waals surface area contributed by atoms with Gasteiger partial charge >= 0.3 is 39.5 Å². The number of hydrogen-bond donors (Lipinski definition) is 3. The molecule has 0 amide bonds. The van der Waals surface area contributed by atoms with Crippen LogP contribution in [0, 0.1) is 0 Å². The number of hydrogen-bond acceptors (Lipinski definition) is 15. The van der Waals surface area contributed by atoms with E-state index in [-0.39, 0.29) is 25.7 Å². The second-order valence-corrected chi connectivity index (χ2v) is 30.3. The van der Waals surface area contributed by atoms with E-state index in [9.17, 15) is 43.2 Å². The van der Waals surface area contributed by atoms with Crippen molar-refractivity contribution in [1.29, 1.82) is 0 Å². The molecule has 0 radical (unpaired) electrons. The van der Waals surface area contributed by atoms with Crippen molar-refractivity contribution in [3.63, 3.8) is 0 Å². The van der Waals surface area contributed by atoms with Gasteiger partial charge in [-0.1, -0.05) is 285 Å². The van der Waals surface area contributed by atoms with Gasteiger partial charge in [0.05, 0.1) is 26.4 Å². The summed E-state index contributed by atoms with van der Waals surface area (Å²) >= 11 is 0. The topological polar surface area (TPSA) is 237 Å². The van der Waals surface area contributed by atoms with Gasteiger partial charge in [0.25, 0.3) is 0 Å². The van der Waals surface area contributed by atoms with Crippen molar-refractivity contribution < 1.29 is 80.2 Å². The molecule has 0 saturated heterocycles. The van der Waals surface area contributed by atoms with E-state index in [2.05, 4.69) is 125 Å². The maximum Gasteiger partial charge on any atom is 0.472 e. The predicted octanol–water partition coefficient (Wildman–Crippen LogP) is 24.1. The zero-order valence-electron chi connectivity index (χ0n) is 65.7. The molecule has 0 aliphatic carbocycles. The van der Waals surface area contributed by atoms with Crippen molar-refractivity contribution in [2.45, 2.75) is 367 Å². The first kappa shape index (κ1) is 99.7. The van der Waals surface area contributed by atoms with Gasteiger partial charge in [-0.25, -0.2) is 9.13 Å². The number of allylic oxidation sites excluding steroid dienone is 18. The number of unbranched alkanes of at least 4 members (excludes halogenated alkanes) is 33. The minimum Gasteiger partial charge on any atom is -0.462 e. The van der Waals surface area contributed by atoms with E-state index in [1.165, 1.54) is 116 Å². The molecule has 0 spiro atoms. The number of aliphatic hydroxyl groups excluding tert-OH is 1. The fourth-order valence-electron chi connectivity index (χ4n) is 10.9. The van der Waals surface area contributed by atoms with Gasteiger partial charge < -0.3 is 33.8 Å². The lowest BCUT2D eigenvalue weighted by atomic mass is 10.1. The van der Waals surface area contributed by atoms with Crippen LogP contribution in [-0.4, -0.2) is 96.7 Å². The number of phosphoric acid groups is 2. The standard InChI is InChI=1S/C85H148O17P2/c1-5-9-13-17-21-25-29-33-37-38-39-40-44-46-50-54-58-62-66-70-83(88)96-76-81(102-85(90)72-68-64-60-56-52-48-43-36-32-28-24-20-16-12-8-4)78-100-104(93,94)98-74-79(86)73-97-103(91,92)99-77-80(101-84(89)71-67-63-59-55-51-47-42-35-31-27-23-19-15-11-7-3)75-95-82(87)69-65-61-57-53-49-45-41-34-30-26-22-18-14-10-6-2/h21,23,25,27,33-37,39-43,46,50,58,62,79-81,86H,5-20,22,24,26,28-32,38,44-45,47-49,51-57,59-61,63-78H2,1-4H3,(H,91,92)(H,93,94)/b25-21-,27-23-,37-33-,40-39-,41-34-,42-35-,43-36-,50-46-,62-58-/t79-,80+,81+/m0/s1. The second-order valence-electron chi connectivity index (χ2n) is 27.3. The van der Waals surface area contributed by atoms with Gasteiger partial charge in [0, 0.05) is 25.7 Å². The van der Waals surface area contributed by atoms with Crippen molar-refractivity contribution in [1.82, 2.24) is 0 Å². The van der Waals surface area contributed by atoms with Crippen LogP contribution in [-0.2, 0) is 65.4 Å². The van der Waals surface area contributed by atoms with Crippen molar-refractivity contribution in [2.75, 3.05) is 39.6 Å². The van der Waals surface area contributed by atoms with Crippen LogP contribution < -0.4 is 0 Å². The van der Waals surface area contributed by atoms with Crippen LogP contribution in [0.1, 0.15) is 349 Å². The maximum absolute atomic E-state index is 13.1. The van der Waals surface area contributed by atoms with Gasteiger partial charge in [0.2, 0.25) is 0 Å². The first-order chi connectivity index (χ1) is 50.7. The van der Waals surface area contributed by atoms with Crippen LogP contribution in [0.2, 0.25) is 0 Å². The molecule has 104 heavy (non-hydrogen) atoms. The van der Waals surface area contributed by atoms with E-state index in [1.54, 1.807) is 0 Å². The van der Waals surface area contributed by atoms with E-state index >= 15 is 0 Å². The smallest absolute Gasteiger partial charge is 0.462 e. The molecule has 3 N–H and O–H groups in total. The summed E-state index contributed by atoms with van der Waals surface area (Å²) in [6.07, 6.45) is 83.6. The van der Waals surface area contributed by atoms with Crippen molar-refractivity contribution in [3.8, 4) is 0 Å². The Bertz CT molecular complexity index is 2390. The first-order valence-electron chi connectivity index (χ1n) is 41.1. The molecule has 17 nitrogen and oxygen atoms in total.